The summed E-state index contributed by atoms with van der Waals surface area (Å²) in [6.45, 7) is 0. The molecule has 0 atom stereocenters. The van der Waals surface area contributed by atoms with Crippen molar-refractivity contribution in [1.82, 2.24) is 14.5 Å². The third-order valence-electron chi connectivity index (χ3n) is 8.63. The van der Waals surface area contributed by atoms with Gasteiger partial charge in [0.2, 0.25) is 0 Å². The third-order valence-corrected chi connectivity index (χ3v) is 9.82. The monoisotopic (exact) mass is 605 g/mol. The van der Waals surface area contributed by atoms with Gasteiger partial charge >= 0.3 is 0 Å². The van der Waals surface area contributed by atoms with Crippen LogP contribution in [0.5, 0.6) is 0 Å². The molecule has 0 bridgehead atoms. The van der Waals surface area contributed by atoms with Crippen molar-refractivity contribution in [2.24, 2.45) is 0 Å². The lowest BCUT2D eigenvalue weighted by atomic mass is 10.0. The van der Waals surface area contributed by atoms with E-state index in [9.17, 15) is 0 Å². The van der Waals surface area contributed by atoms with Crippen LogP contribution in [0.3, 0.4) is 0 Å². The minimum absolute atomic E-state index is 0.713. The van der Waals surface area contributed by atoms with Gasteiger partial charge in [0.05, 0.1) is 27.1 Å². The Bertz CT molecular complexity index is 2440. The summed E-state index contributed by atoms with van der Waals surface area (Å²) in [4.78, 5) is 10.1. The predicted octanol–water partition coefficient (Wildman–Crippen LogP) is 11.5. The highest BCUT2D eigenvalue weighted by Gasteiger charge is 2.20. The van der Waals surface area contributed by atoms with Crippen LogP contribution in [0.25, 0.3) is 81.9 Å². The minimum Gasteiger partial charge on any atom is -0.307 e. The fraction of sp³-hybridized carbons (Fsp3) is 0. The summed E-state index contributed by atoms with van der Waals surface area (Å²) in [5.74, 6) is 0.713. The van der Waals surface area contributed by atoms with Gasteiger partial charge in [-0.3, -0.25) is 0 Å². The van der Waals surface area contributed by atoms with E-state index in [4.69, 9.17) is 9.97 Å². The topological polar surface area (TPSA) is 30.7 Å². The molecule has 3 aromatic heterocycles. The Balaban J connectivity index is 1.22. The third kappa shape index (κ3) is 4.42. The number of para-hydroxylation sites is 2. The molecule has 0 amide bonds. The molecular weight excluding hydrogens is 579 g/mol. The molecule has 0 spiro atoms. The molecule has 0 aliphatic heterocycles. The van der Waals surface area contributed by atoms with Crippen molar-refractivity contribution in [3.05, 3.63) is 164 Å². The van der Waals surface area contributed by atoms with Gasteiger partial charge in [-0.1, -0.05) is 140 Å². The molecule has 46 heavy (non-hydrogen) atoms. The zero-order valence-corrected chi connectivity index (χ0v) is 25.7. The van der Waals surface area contributed by atoms with Crippen LogP contribution >= 0.6 is 11.3 Å². The molecule has 3 heterocycles. The fourth-order valence-electron chi connectivity index (χ4n) is 6.47. The van der Waals surface area contributed by atoms with Gasteiger partial charge in [-0.15, -0.1) is 11.3 Å². The van der Waals surface area contributed by atoms with Gasteiger partial charge in [0.15, 0.2) is 5.82 Å². The molecule has 0 unspecified atom stereocenters. The van der Waals surface area contributed by atoms with E-state index in [1.165, 1.54) is 36.8 Å². The van der Waals surface area contributed by atoms with Crippen molar-refractivity contribution in [2.75, 3.05) is 0 Å². The first-order valence-electron chi connectivity index (χ1n) is 15.4. The summed E-state index contributed by atoms with van der Waals surface area (Å²) in [6, 6.07) is 57.6. The molecule has 0 saturated carbocycles. The Hall–Kier alpha value is -5.84. The second-order valence-electron chi connectivity index (χ2n) is 11.4. The molecular formula is C42H27N3S. The first kappa shape index (κ1) is 26.6. The second-order valence-corrected chi connectivity index (χ2v) is 12.5. The fourth-order valence-corrected chi connectivity index (χ4v) is 7.69. The molecule has 6 aromatic carbocycles. The molecule has 216 valence electrons. The zero-order chi connectivity index (χ0) is 30.5. The van der Waals surface area contributed by atoms with Crippen molar-refractivity contribution in [3.8, 4) is 50.7 Å². The Morgan fingerprint density at radius 3 is 1.67 bits per heavy atom. The lowest BCUT2D eigenvalue weighted by Crippen LogP contribution is -1.96. The molecule has 0 aliphatic carbocycles. The summed E-state index contributed by atoms with van der Waals surface area (Å²) in [6.07, 6.45) is 0. The lowest BCUT2D eigenvalue weighted by Gasteiger charge is -2.13. The smallest absolute Gasteiger partial charge is 0.160 e. The summed E-state index contributed by atoms with van der Waals surface area (Å²) in [7, 11) is 0. The number of nitrogens with zero attached hydrogens (tertiary/aromatic N) is 3. The zero-order valence-electron chi connectivity index (χ0n) is 24.8. The van der Waals surface area contributed by atoms with Crippen LogP contribution < -0.4 is 0 Å². The van der Waals surface area contributed by atoms with Crippen molar-refractivity contribution in [3.63, 3.8) is 0 Å². The Kier molecular flexibility index (Phi) is 6.32. The summed E-state index contributed by atoms with van der Waals surface area (Å²) < 4.78 is 5.07. The van der Waals surface area contributed by atoms with Crippen molar-refractivity contribution in [2.45, 2.75) is 0 Å². The van der Waals surface area contributed by atoms with E-state index < -0.39 is 0 Å². The number of aromatic nitrogens is 3. The van der Waals surface area contributed by atoms with Crippen molar-refractivity contribution in [1.29, 1.82) is 0 Å². The average molecular weight is 606 g/mol. The largest absolute Gasteiger partial charge is 0.307 e. The summed E-state index contributed by atoms with van der Waals surface area (Å²) in [5.41, 5.74) is 10.9. The van der Waals surface area contributed by atoms with E-state index in [1.54, 1.807) is 0 Å². The Morgan fingerprint density at radius 2 is 1.00 bits per heavy atom. The first-order valence-corrected chi connectivity index (χ1v) is 16.2. The standard InChI is InChI=1S/C42H27N3S/c1-4-13-29(14-5-1)36-27-37(30-15-6-2-7-16-30)44-42(43-36)31-25-23-28(24-26-31)33-20-12-21-35-39(33)45(32-17-8-3-9-18-32)40-34-19-10-11-22-38(34)46-41(35)40/h1-27H. The highest BCUT2D eigenvalue weighted by atomic mass is 32.1. The number of benzene rings is 6. The van der Waals surface area contributed by atoms with E-state index >= 15 is 0 Å². The van der Waals surface area contributed by atoms with Crippen molar-refractivity contribution < 1.29 is 0 Å². The summed E-state index contributed by atoms with van der Waals surface area (Å²) in [5, 5.41) is 2.56. The van der Waals surface area contributed by atoms with Gasteiger partial charge in [0.25, 0.3) is 0 Å². The number of hydrogen-bond acceptors (Lipinski definition) is 3. The predicted molar refractivity (Wildman–Crippen MR) is 193 cm³/mol. The molecule has 3 nitrogen and oxygen atoms in total. The molecule has 9 rings (SSSR count). The van der Waals surface area contributed by atoms with E-state index in [-0.39, 0.29) is 0 Å². The molecule has 0 saturated heterocycles. The first-order chi connectivity index (χ1) is 22.8. The molecule has 0 fully saturated rings. The SMILES string of the molecule is c1ccc(-c2cc(-c3ccccc3)nc(-c3ccc(-c4cccc5c6sc7ccccc7c6n(-c6ccccc6)c45)cc3)n2)cc1. The van der Waals surface area contributed by atoms with E-state index in [0.29, 0.717) is 5.82 Å². The molecule has 0 N–H and O–H groups in total. The number of fused-ring (bicyclic) bond motifs is 5. The van der Waals surface area contributed by atoms with Gasteiger partial charge in [-0.2, -0.15) is 0 Å². The molecule has 0 radical (unpaired) electrons. The van der Waals surface area contributed by atoms with Crippen LogP contribution in [-0.2, 0) is 0 Å². The summed E-state index contributed by atoms with van der Waals surface area (Å²) >= 11 is 1.87. The maximum absolute atomic E-state index is 5.04. The molecule has 0 aliphatic rings. The maximum Gasteiger partial charge on any atom is 0.160 e. The van der Waals surface area contributed by atoms with Crippen LogP contribution in [0.2, 0.25) is 0 Å². The second kappa shape index (κ2) is 11.0. The van der Waals surface area contributed by atoms with E-state index in [1.807, 2.05) is 47.7 Å². The minimum atomic E-state index is 0.713. The number of thiophene rings is 1. The van der Waals surface area contributed by atoms with Crippen LogP contribution in [0, 0.1) is 0 Å². The average Bonchev–Trinajstić information content (AvgIpc) is 3.68. The van der Waals surface area contributed by atoms with Crippen LogP contribution in [0.4, 0.5) is 0 Å². The van der Waals surface area contributed by atoms with Gasteiger partial charge < -0.3 is 4.57 Å². The normalized spacial score (nSPS) is 11.5. The van der Waals surface area contributed by atoms with Gasteiger partial charge in [0.1, 0.15) is 0 Å². The molecule has 9 aromatic rings. The van der Waals surface area contributed by atoms with Crippen molar-refractivity contribution >= 4 is 42.5 Å². The van der Waals surface area contributed by atoms with Crippen LogP contribution in [-0.4, -0.2) is 14.5 Å². The van der Waals surface area contributed by atoms with E-state index in [0.717, 1.165) is 39.3 Å². The quantitative estimate of drug-likeness (QED) is 0.195. The lowest BCUT2D eigenvalue weighted by molar-refractivity contribution is 1.18. The van der Waals surface area contributed by atoms with E-state index in [2.05, 4.69) is 132 Å². The van der Waals surface area contributed by atoms with Gasteiger partial charge in [-0.25, -0.2) is 9.97 Å². The Labute approximate surface area is 270 Å². The highest BCUT2D eigenvalue weighted by Crippen LogP contribution is 2.45. The van der Waals surface area contributed by atoms with Crippen LogP contribution in [0.1, 0.15) is 0 Å². The van der Waals surface area contributed by atoms with Gasteiger partial charge in [0, 0.05) is 43.4 Å². The number of rotatable bonds is 5. The maximum atomic E-state index is 5.04. The van der Waals surface area contributed by atoms with Gasteiger partial charge in [-0.05, 0) is 29.8 Å². The highest BCUT2D eigenvalue weighted by molar-refractivity contribution is 7.26. The molecule has 4 heteroatoms. The van der Waals surface area contributed by atoms with Crippen LogP contribution in [0.15, 0.2) is 164 Å². The number of hydrogen-bond donors (Lipinski definition) is 0. The Morgan fingerprint density at radius 1 is 0.435 bits per heavy atom.